The van der Waals surface area contributed by atoms with Crippen LogP contribution < -0.4 is 11.3 Å². The SMILES string of the molecule is Nc1ccc(-c2cc[nH]c(=O)c2)cc1Cl. The van der Waals surface area contributed by atoms with Gasteiger partial charge in [0.1, 0.15) is 0 Å². The number of anilines is 1. The zero-order valence-corrected chi connectivity index (χ0v) is 8.58. The van der Waals surface area contributed by atoms with E-state index in [0.29, 0.717) is 10.7 Å². The number of aromatic amines is 1. The number of nitrogens with one attached hydrogen (secondary N) is 1. The normalized spacial score (nSPS) is 10.2. The number of nitrogen functional groups attached to an aromatic ring is 1. The van der Waals surface area contributed by atoms with Crippen LogP contribution in [0.1, 0.15) is 0 Å². The van der Waals surface area contributed by atoms with Crippen LogP contribution in [-0.4, -0.2) is 4.98 Å². The summed E-state index contributed by atoms with van der Waals surface area (Å²) >= 11 is 5.89. The predicted octanol–water partition coefficient (Wildman–Crippen LogP) is 2.28. The van der Waals surface area contributed by atoms with Gasteiger partial charge < -0.3 is 10.7 Å². The monoisotopic (exact) mass is 220 g/mol. The summed E-state index contributed by atoms with van der Waals surface area (Å²) in [6.07, 6.45) is 1.60. The Kier molecular flexibility index (Phi) is 2.47. The second kappa shape index (κ2) is 3.79. The van der Waals surface area contributed by atoms with Crippen LogP contribution in [0.3, 0.4) is 0 Å². The van der Waals surface area contributed by atoms with E-state index in [9.17, 15) is 4.79 Å². The molecule has 0 aliphatic heterocycles. The van der Waals surface area contributed by atoms with Crippen LogP contribution in [0.15, 0.2) is 41.3 Å². The fraction of sp³-hybridized carbons (Fsp3) is 0. The van der Waals surface area contributed by atoms with E-state index >= 15 is 0 Å². The van der Waals surface area contributed by atoms with Crippen LogP contribution in [0.5, 0.6) is 0 Å². The molecule has 0 atom stereocenters. The van der Waals surface area contributed by atoms with E-state index in [1.807, 2.05) is 12.1 Å². The van der Waals surface area contributed by atoms with E-state index < -0.39 is 0 Å². The maximum absolute atomic E-state index is 11.1. The quantitative estimate of drug-likeness (QED) is 0.725. The molecular weight excluding hydrogens is 212 g/mol. The van der Waals surface area contributed by atoms with E-state index in [0.717, 1.165) is 11.1 Å². The Morgan fingerprint density at radius 3 is 2.53 bits per heavy atom. The van der Waals surface area contributed by atoms with Crippen molar-refractivity contribution in [3.8, 4) is 11.1 Å². The summed E-state index contributed by atoms with van der Waals surface area (Å²) in [6.45, 7) is 0. The molecule has 3 N–H and O–H groups in total. The van der Waals surface area contributed by atoms with Crippen molar-refractivity contribution in [2.45, 2.75) is 0 Å². The van der Waals surface area contributed by atoms with Crippen LogP contribution in [0.25, 0.3) is 11.1 Å². The minimum Gasteiger partial charge on any atom is -0.398 e. The number of halogens is 1. The second-order valence-corrected chi connectivity index (χ2v) is 3.59. The average molecular weight is 221 g/mol. The topological polar surface area (TPSA) is 58.9 Å². The van der Waals surface area contributed by atoms with Gasteiger partial charge in [0.15, 0.2) is 0 Å². The van der Waals surface area contributed by atoms with Gasteiger partial charge in [0, 0.05) is 12.3 Å². The average Bonchev–Trinajstić information content (AvgIpc) is 2.22. The molecule has 0 saturated carbocycles. The molecule has 1 aromatic heterocycles. The van der Waals surface area contributed by atoms with Crippen molar-refractivity contribution in [3.05, 3.63) is 51.9 Å². The molecular formula is C11H9ClN2O. The Bertz CT molecular complexity index is 548. The van der Waals surface area contributed by atoms with Crippen molar-refractivity contribution >= 4 is 17.3 Å². The molecule has 2 rings (SSSR count). The summed E-state index contributed by atoms with van der Waals surface area (Å²) in [4.78, 5) is 13.7. The summed E-state index contributed by atoms with van der Waals surface area (Å²) in [5, 5.41) is 0.493. The molecule has 0 saturated heterocycles. The minimum atomic E-state index is -0.138. The number of aromatic nitrogens is 1. The number of pyridine rings is 1. The molecule has 0 unspecified atom stereocenters. The highest BCUT2D eigenvalue weighted by Crippen LogP contribution is 2.25. The lowest BCUT2D eigenvalue weighted by atomic mass is 10.1. The van der Waals surface area contributed by atoms with Gasteiger partial charge in [-0.25, -0.2) is 0 Å². The Balaban J connectivity index is 2.55. The summed E-state index contributed by atoms with van der Waals surface area (Å²) in [5.74, 6) is 0. The van der Waals surface area contributed by atoms with Crippen molar-refractivity contribution in [3.63, 3.8) is 0 Å². The molecule has 0 aliphatic rings. The van der Waals surface area contributed by atoms with E-state index in [1.54, 1.807) is 18.3 Å². The van der Waals surface area contributed by atoms with Crippen LogP contribution in [0.4, 0.5) is 5.69 Å². The van der Waals surface area contributed by atoms with Crippen molar-refractivity contribution in [1.29, 1.82) is 0 Å². The predicted molar refractivity (Wildman–Crippen MR) is 61.9 cm³/mol. The number of hydrogen-bond donors (Lipinski definition) is 2. The van der Waals surface area contributed by atoms with Gasteiger partial charge >= 0.3 is 0 Å². The van der Waals surface area contributed by atoms with Crippen LogP contribution in [0.2, 0.25) is 5.02 Å². The smallest absolute Gasteiger partial charge is 0.248 e. The molecule has 0 amide bonds. The molecule has 0 aliphatic carbocycles. The van der Waals surface area contributed by atoms with Gasteiger partial charge in [-0.1, -0.05) is 17.7 Å². The highest BCUT2D eigenvalue weighted by molar-refractivity contribution is 6.33. The third kappa shape index (κ3) is 2.02. The van der Waals surface area contributed by atoms with Crippen LogP contribution in [0, 0.1) is 0 Å². The lowest BCUT2D eigenvalue weighted by molar-refractivity contribution is 1.24. The number of benzene rings is 1. The van der Waals surface area contributed by atoms with E-state index in [2.05, 4.69) is 4.98 Å². The van der Waals surface area contributed by atoms with E-state index in [-0.39, 0.29) is 5.56 Å². The standard InChI is InChI=1S/C11H9ClN2O/c12-9-5-7(1-2-10(9)13)8-3-4-14-11(15)6-8/h1-6H,13H2,(H,14,15). The molecule has 2 aromatic rings. The fourth-order valence-corrected chi connectivity index (χ4v) is 1.51. The Labute approximate surface area is 91.5 Å². The third-order valence-corrected chi connectivity index (χ3v) is 2.44. The van der Waals surface area contributed by atoms with Gasteiger partial charge in [-0.2, -0.15) is 0 Å². The van der Waals surface area contributed by atoms with Gasteiger partial charge in [0.25, 0.3) is 0 Å². The minimum absolute atomic E-state index is 0.138. The maximum Gasteiger partial charge on any atom is 0.248 e. The highest BCUT2D eigenvalue weighted by Gasteiger charge is 2.01. The molecule has 1 aromatic carbocycles. The molecule has 0 radical (unpaired) electrons. The second-order valence-electron chi connectivity index (χ2n) is 3.18. The first-order chi connectivity index (χ1) is 7.16. The Morgan fingerprint density at radius 1 is 1.13 bits per heavy atom. The third-order valence-electron chi connectivity index (χ3n) is 2.11. The van der Waals surface area contributed by atoms with Crippen molar-refractivity contribution in [1.82, 2.24) is 4.98 Å². The largest absolute Gasteiger partial charge is 0.398 e. The number of H-pyrrole nitrogens is 1. The van der Waals surface area contributed by atoms with E-state index in [1.165, 1.54) is 6.07 Å². The molecule has 3 nitrogen and oxygen atoms in total. The molecule has 15 heavy (non-hydrogen) atoms. The molecule has 0 fully saturated rings. The summed E-state index contributed by atoms with van der Waals surface area (Å²) < 4.78 is 0. The Morgan fingerprint density at radius 2 is 1.87 bits per heavy atom. The summed E-state index contributed by atoms with van der Waals surface area (Å²) in [7, 11) is 0. The van der Waals surface area contributed by atoms with Crippen molar-refractivity contribution in [2.75, 3.05) is 5.73 Å². The van der Waals surface area contributed by atoms with Gasteiger partial charge in [0.2, 0.25) is 5.56 Å². The zero-order valence-electron chi connectivity index (χ0n) is 7.83. The molecule has 0 bridgehead atoms. The molecule has 76 valence electrons. The lowest BCUT2D eigenvalue weighted by Crippen LogP contribution is -2.02. The van der Waals surface area contributed by atoms with Crippen molar-refractivity contribution in [2.24, 2.45) is 0 Å². The van der Waals surface area contributed by atoms with Gasteiger partial charge in [0.05, 0.1) is 10.7 Å². The van der Waals surface area contributed by atoms with E-state index in [4.69, 9.17) is 17.3 Å². The molecule has 0 spiro atoms. The molecule has 4 heteroatoms. The lowest BCUT2D eigenvalue weighted by Gasteiger charge is -2.03. The van der Waals surface area contributed by atoms with Gasteiger partial charge in [-0.05, 0) is 29.3 Å². The molecule has 1 heterocycles. The first-order valence-corrected chi connectivity index (χ1v) is 4.79. The maximum atomic E-state index is 11.1. The Hall–Kier alpha value is -1.74. The van der Waals surface area contributed by atoms with Crippen molar-refractivity contribution < 1.29 is 0 Å². The highest BCUT2D eigenvalue weighted by atomic mass is 35.5. The number of hydrogen-bond acceptors (Lipinski definition) is 2. The number of nitrogens with two attached hydrogens (primary N) is 1. The zero-order chi connectivity index (χ0) is 10.8. The summed E-state index contributed by atoms with van der Waals surface area (Å²) in [6, 6.07) is 8.62. The van der Waals surface area contributed by atoms with Crippen LogP contribution >= 0.6 is 11.6 Å². The number of rotatable bonds is 1. The van der Waals surface area contributed by atoms with Gasteiger partial charge in [-0.3, -0.25) is 4.79 Å². The fourth-order valence-electron chi connectivity index (χ4n) is 1.33. The van der Waals surface area contributed by atoms with Crippen LogP contribution in [-0.2, 0) is 0 Å². The first-order valence-electron chi connectivity index (χ1n) is 4.41. The summed E-state index contributed by atoms with van der Waals surface area (Å²) in [5.41, 5.74) is 7.69. The van der Waals surface area contributed by atoms with Gasteiger partial charge in [-0.15, -0.1) is 0 Å². The first kappa shape index (κ1) is 9.80.